The van der Waals surface area contributed by atoms with E-state index in [1.807, 2.05) is 0 Å². The first-order valence-corrected chi connectivity index (χ1v) is 4.91. The predicted molar refractivity (Wildman–Crippen MR) is 61.2 cm³/mol. The lowest BCUT2D eigenvalue weighted by molar-refractivity contribution is 0.0904. The first-order valence-electron chi connectivity index (χ1n) is 4.91. The molecule has 2 N–H and O–H groups in total. The monoisotopic (exact) mass is 234 g/mol. The lowest BCUT2D eigenvalue weighted by Crippen LogP contribution is -2.32. The lowest BCUT2D eigenvalue weighted by atomic mass is 10.1. The highest BCUT2D eigenvalue weighted by Crippen LogP contribution is 2.09. The summed E-state index contributed by atoms with van der Waals surface area (Å²) in [6.07, 6.45) is 0. The average molecular weight is 234 g/mol. The molecule has 0 spiro atoms. The number of aromatic amines is 1. The number of benzene rings is 1. The first-order chi connectivity index (χ1) is 8.04. The summed E-state index contributed by atoms with van der Waals surface area (Å²) in [6, 6.07) is 4.29. The maximum absolute atomic E-state index is 11.7. The van der Waals surface area contributed by atoms with Gasteiger partial charge in [-0.25, -0.2) is 4.79 Å². The van der Waals surface area contributed by atoms with Crippen molar-refractivity contribution in [2.75, 3.05) is 6.61 Å². The van der Waals surface area contributed by atoms with Crippen molar-refractivity contribution in [2.45, 2.75) is 0 Å². The average Bonchev–Trinajstić information content (AvgIpc) is 2.34. The zero-order valence-corrected chi connectivity index (χ0v) is 9.06. The van der Waals surface area contributed by atoms with Gasteiger partial charge in [-0.1, -0.05) is 6.07 Å². The van der Waals surface area contributed by atoms with Gasteiger partial charge >= 0.3 is 5.69 Å². The molecule has 0 saturated carbocycles. The Morgan fingerprint density at radius 3 is 2.76 bits per heavy atom. The Hall–Kier alpha value is -2.21. The second kappa shape index (κ2) is 3.99. The van der Waals surface area contributed by atoms with E-state index in [1.165, 1.54) is 25.2 Å². The number of aliphatic hydroxyl groups excluding tert-OH is 1. The van der Waals surface area contributed by atoms with Gasteiger partial charge in [0.15, 0.2) is 5.78 Å². The molecular weight excluding hydrogens is 224 g/mol. The number of ketones is 1. The SMILES string of the molecule is Cn1c(=O)[nH]c2cc(C(=O)CO)ccc2c1=O. The minimum atomic E-state index is -0.611. The second-order valence-electron chi connectivity index (χ2n) is 3.64. The Kier molecular flexibility index (Phi) is 2.64. The number of hydrogen-bond donors (Lipinski definition) is 2. The molecule has 0 unspecified atom stereocenters. The molecule has 0 bridgehead atoms. The second-order valence-corrected chi connectivity index (χ2v) is 3.64. The van der Waals surface area contributed by atoms with Crippen LogP contribution in [0.5, 0.6) is 0 Å². The molecule has 17 heavy (non-hydrogen) atoms. The van der Waals surface area contributed by atoms with Crippen molar-refractivity contribution in [3.8, 4) is 0 Å². The van der Waals surface area contributed by atoms with Crippen molar-refractivity contribution in [2.24, 2.45) is 7.05 Å². The molecule has 0 aliphatic carbocycles. The highest BCUT2D eigenvalue weighted by atomic mass is 16.3. The van der Waals surface area contributed by atoms with Gasteiger partial charge in [-0.15, -0.1) is 0 Å². The molecule has 2 aromatic rings. The van der Waals surface area contributed by atoms with Crippen molar-refractivity contribution in [3.05, 3.63) is 44.6 Å². The molecule has 6 heteroatoms. The number of carbonyl (C=O) groups is 1. The van der Waals surface area contributed by atoms with Gasteiger partial charge < -0.3 is 10.1 Å². The van der Waals surface area contributed by atoms with Gasteiger partial charge in [0.1, 0.15) is 6.61 Å². The summed E-state index contributed by atoms with van der Waals surface area (Å²) < 4.78 is 0.954. The summed E-state index contributed by atoms with van der Waals surface area (Å²) >= 11 is 0. The maximum Gasteiger partial charge on any atom is 0.328 e. The first kappa shape index (κ1) is 11.3. The highest BCUT2D eigenvalue weighted by molar-refractivity contribution is 5.99. The highest BCUT2D eigenvalue weighted by Gasteiger charge is 2.08. The molecule has 0 saturated heterocycles. The number of nitrogens with zero attached hydrogens (tertiary/aromatic N) is 1. The van der Waals surface area contributed by atoms with Crippen LogP contribution < -0.4 is 11.2 Å². The minimum absolute atomic E-state index is 0.254. The van der Waals surface area contributed by atoms with E-state index < -0.39 is 23.6 Å². The van der Waals surface area contributed by atoms with Gasteiger partial charge in [0.2, 0.25) is 0 Å². The van der Waals surface area contributed by atoms with Gasteiger partial charge in [-0.3, -0.25) is 14.2 Å². The smallest absolute Gasteiger partial charge is 0.328 e. The number of rotatable bonds is 2. The number of hydrogen-bond acceptors (Lipinski definition) is 4. The van der Waals surface area contributed by atoms with Crippen LogP contribution in [0.4, 0.5) is 0 Å². The fourth-order valence-corrected chi connectivity index (χ4v) is 1.57. The van der Waals surface area contributed by atoms with Gasteiger partial charge in [-0.05, 0) is 12.1 Å². The van der Waals surface area contributed by atoms with Crippen LogP contribution in [0, 0.1) is 0 Å². The normalized spacial score (nSPS) is 10.7. The molecule has 1 aromatic heterocycles. The van der Waals surface area contributed by atoms with E-state index in [0.717, 1.165) is 4.57 Å². The fraction of sp³-hybridized carbons (Fsp3) is 0.182. The topological polar surface area (TPSA) is 92.2 Å². The summed E-state index contributed by atoms with van der Waals surface area (Å²) in [7, 11) is 1.37. The number of aliphatic hydroxyl groups is 1. The van der Waals surface area contributed by atoms with Gasteiger partial charge in [0.05, 0.1) is 10.9 Å². The summed E-state index contributed by atoms with van der Waals surface area (Å²) in [5.41, 5.74) is -0.427. The molecule has 1 aromatic carbocycles. The Labute approximate surface area is 95.1 Å². The summed E-state index contributed by atoms with van der Waals surface area (Å²) in [6.45, 7) is -0.611. The third-order valence-corrected chi connectivity index (χ3v) is 2.57. The zero-order chi connectivity index (χ0) is 12.6. The molecule has 6 nitrogen and oxygen atoms in total. The lowest BCUT2D eigenvalue weighted by Gasteiger charge is -2.02. The van der Waals surface area contributed by atoms with Gasteiger partial charge in [-0.2, -0.15) is 0 Å². The van der Waals surface area contributed by atoms with E-state index in [-0.39, 0.29) is 11.1 Å². The number of nitrogens with one attached hydrogen (secondary N) is 1. The Morgan fingerprint density at radius 2 is 2.12 bits per heavy atom. The van der Waals surface area contributed by atoms with Crippen molar-refractivity contribution in [3.63, 3.8) is 0 Å². The summed E-state index contributed by atoms with van der Waals surface area (Å²) in [5.74, 6) is -0.464. The largest absolute Gasteiger partial charge is 0.388 e. The van der Waals surface area contributed by atoms with Crippen LogP contribution in [0.15, 0.2) is 27.8 Å². The number of Topliss-reactive ketones (excluding diaryl/α,β-unsaturated/α-hetero) is 1. The number of H-pyrrole nitrogens is 1. The van der Waals surface area contributed by atoms with Crippen LogP contribution >= 0.6 is 0 Å². The molecule has 0 radical (unpaired) electrons. The molecule has 1 heterocycles. The predicted octanol–water partition coefficient (Wildman–Crippen LogP) is -0.598. The van der Waals surface area contributed by atoms with Crippen molar-refractivity contribution < 1.29 is 9.90 Å². The van der Waals surface area contributed by atoms with Crippen molar-refractivity contribution >= 4 is 16.7 Å². The van der Waals surface area contributed by atoms with E-state index in [2.05, 4.69) is 4.98 Å². The Bertz CT molecular complexity index is 711. The number of aromatic nitrogens is 2. The molecule has 0 aliphatic heterocycles. The summed E-state index contributed by atoms with van der Waals surface area (Å²) in [5, 5.41) is 9.05. The van der Waals surface area contributed by atoms with Crippen LogP contribution in [0.25, 0.3) is 10.9 Å². The number of fused-ring (bicyclic) bond motifs is 1. The van der Waals surface area contributed by atoms with E-state index in [4.69, 9.17) is 5.11 Å². The number of carbonyl (C=O) groups excluding carboxylic acids is 1. The van der Waals surface area contributed by atoms with E-state index >= 15 is 0 Å². The van der Waals surface area contributed by atoms with Crippen LogP contribution in [-0.2, 0) is 7.05 Å². The third-order valence-electron chi connectivity index (χ3n) is 2.57. The summed E-state index contributed by atoms with van der Waals surface area (Å²) in [4.78, 5) is 36.8. The molecular formula is C11H10N2O4. The minimum Gasteiger partial charge on any atom is -0.388 e. The van der Waals surface area contributed by atoms with Crippen molar-refractivity contribution in [1.29, 1.82) is 0 Å². The quantitative estimate of drug-likeness (QED) is 0.679. The molecule has 0 amide bonds. The van der Waals surface area contributed by atoms with Gasteiger partial charge in [0.25, 0.3) is 5.56 Å². The molecule has 88 valence electrons. The standard InChI is InChI=1S/C11H10N2O4/c1-13-10(16)7-3-2-6(9(15)5-14)4-8(7)12-11(13)17/h2-4,14H,5H2,1H3,(H,12,17). The van der Waals surface area contributed by atoms with Crippen LogP contribution in [0.3, 0.4) is 0 Å². The Morgan fingerprint density at radius 1 is 1.41 bits per heavy atom. The third kappa shape index (κ3) is 1.78. The maximum atomic E-state index is 11.7. The Balaban J connectivity index is 2.80. The zero-order valence-electron chi connectivity index (χ0n) is 9.06. The molecule has 0 aliphatic rings. The molecule has 0 atom stereocenters. The van der Waals surface area contributed by atoms with E-state index in [0.29, 0.717) is 5.39 Å². The molecule has 2 rings (SSSR count). The van der Waals surface area contributed by atoms with Crippen LogP contribution in [-0.4, -0.2) is 27.0 Å². The molecule has 0 fully saturated rings. The van der Waals surface area contributed by atoms with Gasteiger partial charge in [0, 0.05) is 12.6 Å². The van der Waals surface area contributed by atoms with E-state index in [9.17, 15) is 14.4 Å². The fourth-order valence-electron chi connectivity index (χ4n) is 1.57. The van der Waals surface area contributed by atoms with Crippen molar-refractivity contribution in [1.82, 2.24) is 9.55 Å². The van der Waals surface area contributed by atoms with Crippen LogP contribution in [0.2, 0.25) is 0 Å². The van der Waals surface area contributed by atoms with E-state index in [1.54, 1.807) is 0 Å². The van der Waals surface area contributed by atoms with Crippen LogP contribution in [0.1, 0.15) is 10.4 Å².